The smallest absolute Gasteiger partial charge is 0.113 e. The van der Waals surface area contributed by atoms with Gasteiger partial charge in [-0.15, -0.1) is 22.7 Å². The lowest BCUT2D eigenvalue weighted by Crippen LogP contribution is -2.27. The van der Waals surface area contributed by atoms with E-state index in [1.165, 1.54) is 444 Å². The summed E-state index contributed by atoms with van der Waals surface area (Å²) < 4.78 is 9.91. The summed E-state index contributed by atoms with van der Waals surface area (Å²) in [7, 11) is 0. The molecule has 3 heterocycles. The number of hydrogen-bond acceptors (Lipinski definition) is 5. The standard InChI is InChI=1S/C96H154N2S3/c1-7-11-15-19-23-27-31-35-39-43-47-51-55-59-63-73-95(74-64-60-56-52-48-44-40-36-32-28-24-20-16-12-8-2)86-77-80(6)99-93(86)84-71-69-82-81(89(84)95)70-72-85-90(82)96(75-65-61-57-53-49-45-41-37-33-29-25-21-17-13-9-3,76-66-62-58-54-50-46-42-38-34-30-26-22-18-14-10-4)87-78-88(100-94(85)87)83-68-67-79(5)91-92(83)98-101-97-91/h67-72,77-78H,7-66,73-76H2,1-6H3. The summed E-state index contributed by atoms with van der Waals surface area (Å²) in [5.74, 6) is 0. The summed E-state index contributed by atoms with van der Waals surface area (Å²) in [5.41, 5.74) is 14.8. The molecule has 2 aliphatic carbocycles. The van der Waals surface area contributed by atoms with E-state index in [4.69, 9.17) is 8.75 Å². The highest BCUT2D eigenvalue weighted by Crippen LogP contribution is 2.64. The number of aryl methyl sites for hydroxylation is 2. The molecule has 0 fully saturated rings. The van der Waals surface area contributed by atoms with E-state index in [1.807, 2.05) is 0 Å². The maximum Gasteiger partial charge on any atom is 0.113 e. The monoisotopic (exact) mass is 1430 g/mol. The topological polar surface area (TPSA) is 25.8 Å². The van der Waals surface area contributed by atoms with Gasteiger partial charge in [0.1, 0.15) is 11.0 Å². The van der Waals surface area contributed by atoms with E-state index < -0.39 is 0 Å². The molecule has 3 aromatic carbocycles. The molecule has 0 unspecified atom stereocenters. The van der Waals surface area contributed by atoms with E-state index in [1.54, 1.807) is 53.9 Å². The summed E-state index contributed by atoms with van der Waals surface area (Å²) in [6.45, 7) is 14.0. The highest BCUT2D eigenvalue weighted by molar-refractivity contribution is 7.19. The summed E-state index contributed by atoms with van der Waals surface area (Å²) in [6.07, 6.45) is 90.1. The Morgan fingerprint density at radius 3 is 0.832 bits per heavy atom. The van der Waals surface area contributed by atoms with Crippen molar-refractivity contribution >= 4 is 56.2 Å². The number of fused-ring (bicyclic) bond motifs is 10. The maximum absolute atomic E-state index is 5.03. The van der Waals surface area contributed by atoms with E-state index >= 15 is 0 Å². The average Bonchev–Trinajstić information content (AvgIpc) is 1.54. The molecule has 0 radical (unpaired) electrons. The molecule has 5 heteroatoms. The van der Waals surface area contributed by atoms with E-state index in [2.05, 4.69) is 113 Å². The Kier molecular flexibility index (Phi) is 41.4. The van der Waals surface area contributed by atoms with Gasteiger partial charge < -0.3 is 0 Å². The molecule has 2 aliphatic rings. The second-order valence-corrected chi connectivity index (χ2v) is 36.2. The van der Waals surface area contributed by atoms with Crippen LogP contribution in [-0.4, -0.2) is 8.75 Å². The van der Waals surface area contributed by atoms with Crippen LogP contribution in [0.1, 0.15) is 471 Å². The predicted molar refractivity (Wildman–Crippen MR) is 456 cm³/mol. The number of hydrogen-bond donors (Lipinski definition) is 0. The van der Waals surface area contributed by atoms with Gasteiger partial charge >= 0.3 is 0 Å². The van der Waals surface area contributed by atoms with Crippen LogP contribution in [0.4, 0.5) is 0 Å². The molecule has 0 amide bonds. The first kappa shape index (κ1) is 83.8. The second kappa shape index (κ2) is 49.9. The third kappa shape index (κ3) is 26.5. The zero-order chi connectivity index (χ0) is 70.7. The van der Waals surface area contributed by atoms with Crippen LogP contribution in [0.2, 0.25) is 0 Å². The van der Waals surface area contributed by atoms with Crippen LogP contribution < -0.4 is 0 Å². The molecule has 0 aliphatic heterocycles. The van der Waals surface area contributed by atoms with Crippen LogP contribution >= 0.6 is 34.4 Å². The minimum Gasteiger partial charge on any atom is -0.173 e. The molecule has 566 valence electrons. The number of thiophene rings is 2. The average molecular weight is 1430 g/mol. The van der Waals surface area contributed by atoms with Crippen LogP contribution in [0.3, 0.4) is 0 Å². The largest absolute Gasteiger partial charge is 0.173 e. The van der Waals surface area contributed by atoms with Gasteiger partial charge in [0.15, 0.2) is 0 Å². The van der Waals surface area contributed by atoms with Crippen molar-refractivity contribution in [3.8, 4) is 31.3 Å². The summed E-state index contributed by atoms with van der Waals surface area (Å²) >= 11 is 5.61. The van der Waals surface area contributed by atoms with Crippen molar-refractivity contribution in [1.82, 2.24) is 8.75 Å². The molecule has 0 atom stereocenters. The maximum atomic E-state index is 5.03. The lowest BCUT2D eigenvalue weighted by Gasteiger charge is -2.36. The van der Waals surface area contributed by atoms with Gasteiger partial charge in [0.25, 0.3) is 0 Å². The number of benzene rings is 3. The van der Waals surface area contributed by atoms with Gasteiger partial charge in [-0.2, -0.15) is 8.75 Å². The number of rotatable bonds is 65. The Balaban J connectivity index is 1.05. The third-order valence-corrected chi connectivity index (χ3v) is 27.8. The van der Waals surface area contributed by atoms with Gasteiger partial charge in [0.05, 0.1) is 11.7 Å². The molecule has 101 heavy (non-hydrogen) atoms. The Bertz CT molecular complexity index is 3040. The van der Waals surface area contributed by atoms with Crippen molar-refractivity contribution in [2.45, 2.75) is 463 Å². The highest BCUT2D eigenvalue weighted by Gasteiger charge is 2.48. The first-order valence-electron chi connectivity index (χ1n) is 45.0. The molecule has 0 spiro atoms. The van der Waals surface area contributed by atoms with Crippen molar-refractivity contribution in [3.05, 3.63) is 81.2 Å². The molecule has 0 N–H and O–H groups in total. The van der Waals surface area contributed by atoms with E-state index in [-0.39, 0.29) is 10.8 Å². The number of nitrogens with zero attached hydrogens (tertiary/aromatic N) is 2. The molecule has 0 bridgehead atoms. The fourth-order valence-corrected chi connectivity index (χ4v) is 22.0. The van der Waals surface area contributed by atoms with Gasteiger partial charge in [-0.25, -0.2) is 0 Å². The molecular weight excluding hydrogens is 1280 g/mol. The van der Waals surface area contributed by atoms with E-state index in [0.29, 0.717) is 0 Å². The second-order valence-electron chi connectivity index (χ2n) is 33.4. The van der Waals surface area contributed by atoms with Crippen LogP contribution in [0.15, 0.2) is 48.5 Å². The quantitative estimate of drug-likeness (QED) is 0.0356. The minimum absolute atomic E-state index is 0.0183. The fourth-order valence-electron chi connectivity index (χ4n) is 18.9. The first-order valence-corrected chi connectivity index (χ1v) is 47.4. The van der Waals surface area contributed by atoms with Crippen molar-refractivity contribution < 1.29 is 0 Å². The summed E-state index contributed by atoms with van der Waals surface area (Å²) in [5, 5.41) is 3.23. The van der Waals surface area contributed by atoms with Gasteiger partial charge in [-0.05, 0) is 101 Å². The number of unbranched alkanes of at least 4 members (excludes halogenated alkanes) is 56. The van der Waals surface area contributed by atoms with E-state index in [9.17, 15) is 0 Å². The molecule has 6 aromatic rings. The van der Waals surface area contributed by atoms with Crippen molar-refractivity contribution in [1.29, 1.82) is 0 Å². The van der Waals surface area contributed by atoms with Crippen molar-refractivity contribution in [3.63, 3.8) is 0 Å². The zero-order valence-corrected chi connectivity index (χ0v) is 69.4. The molecule has 0 saturated carbocycles. The van der Waals surface area contributed by atoms with Crippen molar-refractivity contribution in [2.24, 2.45) is 0 Å². The van der Waals surface area contributed by atoms with Gasteiger partial charge in [-0.3, -0.25) is 0 Å². The molecule has 8 rings (SSSR count). The van der Waals surface area contributed by atoms with Crippen LogP contribution in [0, 0.1) is 13.8 Å². The Labute approximate surface area is 636 Å². The zero-order valence-electron chi connectivity index (χ0n) is 67.0. The number of aromatic nitrogens is 2. The van der Waals surface area contributed by atoms with Gasteiger partial charge in [0, 0.05) is 35.9 Å². The normalized spacial score (nSPS) is 13.6. The van der Waals surface area contributed by atoms with Gasteiger partial charge in [0.2, 0.25) is 0 Å². The van der Waals surface area contributed by atoms with Crippen LogP contribution in [-0.2, 0) is 10.8 Å². The van der Waals surface area contributed by atoms with E-state index in [0.717, 1.165) is 11.0 Å². The Hall–Kier alpha value is -2.86. The molecule has 3 aromatic heterocycles. The highest BCUT2D eigenvalue weighted by atomic mass is 32.1. The minimum atomic E-state index is -0.0183. The molecule has 2 nitrogen and oxygen atoms in total. The predicted octanol–water partition coefficient (Wildman–Crippen LogP) is 34.8. The van der Waals surface area contributed by atoms with Crippen LogP contribution in [0.5, 0.6) is 0 Å². The third-order valence-electron chi connectivity index (χ3n) is 25.0. The fraction of sp³-hybridized carbons (Fsp3) is 0.750. The summed E-state index contributed by atoms with van der Waals surface area (Å²) in [4.78, 5) is 6.09. The van der Waals surface area contributed by atoms with Crippen molar-refractivity contribution in [2.75, 3.05) is 0 Å². The lowest BCUT2D eigenvalue weighted by molar-refractivity contribution is 0.397. The molecular formula is C96H154N2S3. The van der Waals surface area contributed by atoms with Crippen LogP contribution in [0.25, 0.3) is 53.1 Å². The SMILES string of the molecule is CCCCCCCCCCCCCCCCCC1(CCCCCCCCCCCCCCCCC)c2cc(C)sc2-c2ccc3c4c(ccc3c21)-c1sc(-c2ccc(C)c3nsnc23)cc1C4(CCCCCCCCCCCCCCCCC)CCCCCCCCCCCCCCCCC. The Morgan fingerprint density at radius 2 is 0.525 bits per heavy atom. The van der Waals surface area contributed by atoms with Gasteiger partial charge in [-0.1, -0.05) is 449 Å². The summed E-state index contributed by atoms with van der Waals surface area (Å²) in [6, 6.07) is 21.0. The lowest BCUT2D eigenvalue weighted by atomic mass is 9.67. The first-order chi connectivity index (χ1) is 49.9. The molecule has 0 saturated heterocycles. The Morgan fingerprint density at radius 1 is 0.267 bits per heavy atom.